The van der Waals surface area contributed by atoms with Crippen molar-refractivity contribution in [2.24, 2.45) is 10.4 Å². The van der Waals surface area contributed by atoms with Gasteiger partial charge in [0.1, 0.15) is 11.4 Å². The molecule has 0 heterocycles. The van der Waals surface area contributed by atoms with Gasteiger partial charge in [0.2, 0.25) is 0 Å². The van der Waals surface area contributed by atoms with Crippen LogP contribution in [0, 0.1) is 9.81 Å². The average Bonchev–Trinajstić information content (AvgIpc) is 2.04. The van der Waals surface area contributed by atoms with Gasteiger partial charge in [0.05, 0.1) is 0 Å². The topological polar surface area (TPSA) is 87.4 Å². The summed E-state index contributed by atoms with van der Waals surface area (Å²) in [6, 6.07) is 6.10. The molecule has 0 bridgehead atoms. The van der Waals surface area contributed by atoms with Crippen molar-refractivity contribution in [3.05, 3.63) is 34.1 Å². The minimum Gasteiger partial charge on any atom is -2.00 e. The van der Waals surface area contributed by atoms with Gasteiger partial charge in [0.15, 0.2) is 0 Å². The Morgan fingerprint density at radius 2 is 1.25 bits per heavy atom. The van der Waals surface area contributed by atoms with Gasteiger partial charge in [-0.05, 0) is 22.5 Å². The normalized spacial score (nSPS) is 7.33. The molecule has 0 unspecified atom stereocenters. The van der Waals surface area contributed by atoms with Crippen molar-refractivity contribution >= 4 is 11.4 Å². The van der Waals surface area contributed by atoms with E-state index in [-0.39, 0.29) is 36.3 Å². The molecule has 0 amide bonds. The first-order valence-corrected chi connectivity index (χ1v) is 2.64. The van der Waals surface area contributed by atoms with Crippen molar-refractivity contribution in [3.8, 4) is 0 Å². The van der Waals surface area contributed by atoms with Crippen LogP contribution >= 0.6 is 0 Å². The monoisotopic (exact) mass is 216 g/mol. The first-order valence-electron chi connectivity index (χ1n) is 2.64. The van der Waals surface area contributed by atoms with Crippen LogP contribution in [0.3, 0.4) is 0 Å². The predicted molar refractivity (Wildman–Crippen MR) is 38.0 cm³/mol. The van der Waals surface area contributed by atoms with E-state index in [1.165, 1.54) is 12.1 Å². The number of benzene rings is 1. The Bertz CT molecular complexity index is 240. The van der Waals surface area contributed by atoms with Crippen LogP contribution in [0.1, 0.15) is 0 Å². The smallest absolute Gasteiger partial charge is 2.00 e. The summed E-state index contributed by atoms with van der Waals surface area (Å²) in [5.74, 6) is 0. The molecule has 0 saturated carbocycles. The zero-order chi connectivity index (χ0) is 7.40. The van der Waals surface area contributed by atoms with E-state index in [9.17, 15) is 9.81 Å². The molecule has 12 heavy (non-hydrogen) atoms. The van der Waals surface area contributed by atoms with Crippen molar-refractivity contribution in [2.75, 3.05) is 0 Å². The fourth-order valence-electron chi connectivity index (χ4n) is 0.619. The van der Waals surface area contributed by atoms with E-state index in [4.69, 9.17) is 0 Å². The van der Waals surface area contributed by atoms with Crippen LogP contribution in [0.15, 0.2) is 34.6 Å². The molecule has 1 aromatic rings. The standard InChI is InChI=1S/C6H4N2O2.O.Zn/c9-7-5-3-1-2-4-6(5)8-10;;/h1-4H;;/q;-2;+2. The molecular formula is C6H4N2O3Zn. The Balaban J connectivity index is 0. The number of nitrogens with zero attached hydrogens (tertiary/aromatic N) is 2. The Kier molecular flexibility index (Phi) is 7.58. The molecule has 1 rings (SSSR count). The van der Waals surface area contributed by atoms with E-state index in [1.807, 2.05) is 0 Å². The van der Waals surface area contributed by atoms with Crippen molar-refractivity contribution in [1.82, 2.24) is 0 Å². The molecule has 0 radical (unpaired) electrons. The van der Waals surface area contributed by atoms with Gasteiger partial charge in [-0.25, -0.2) is 0 Å². The van der Waals surface area contributed by atoms with Crippen molar-refractivity contribution in [1.29, 1.82) is 0 Å². The molecule has 0 N–H and O–H groups in total. The van der Waals surface area contributed by atoms with E-state index in [0.717, 1.165) is 0 Å². The zero-order valence-electron chi connectivity index (χ0n) is 6.14. The van der Waals surface area contributed by atoms with Gasteiger partial charge in [-0.1, -0.05) is 12.1 Å². The van der Waals surface area contributed by atoms with E-state index < -0.39 is 0 Å². The molecule has 6 heteroatoms. The second kappa shape index (κ2) is 6.70. The first-order chi connectivity index (χ1) is 4.88. The Hall–Kier alpha value is -0.997. The van der Waals surface area contributed by atoms with E-state index in [0.29, 0.717) is 0 Å². The van der Waals surface area contributed by atoms with Crippen LogP contribution in [-0.2, 0) is 25.0 Å². The molecule has 0 atom stereocenters. The van der Waals surface area contributed by atoms with Gasteiger partial charge in [-0.3, -0.25) is 0 Å². The number of nitroso groups, excluding NO2 is 2. The molecular weight excluding hydrogens is 213 g/mol. The maximum atomic E-state index is 9.94. The Labute approximate surface area is 81.2 Å². The average molecular weight is 217 g/mol. The first kappa shape index (κ1) is 13.6. The molecule has 0 aliphatic rings. The van der Waals surface area contributed by atoms with Crippen LogP contribution in [0.5, 0.6) is 0 Å². The summed E-state index contributed by atoms with van der Waals surface area (Å²) in [6.45, 7) is 0. The summed E-state index contributed by atoms with van der Waals surface area (Å²) in [4.78, 5) is 19.9. The fourth-order valence-corrected chi connectivity index (χ4v) is 0.619. The molecule has 0 spiro atoms. The maximum Gasteiger partial charge on any atom is 2.00 e. The molecule has 0 aliphatic heterocycles. The van der Waals surface area contributed by atoms with Crippen molar-refractivity contribution in [3.63, 3.8) is 0 Å². The van der Waals surface area contributed by atoms with Gasteiger partial charge in [0, 0.05) is 0 Å². The van der Waals surface area contributed by atoms with Crippen LogP contribution in [-0.4, -0.2) is 0 Å². The van der Waals surface area contributed by atoms with Gasteiger partial charge < -0.3 is 5.48 Å². The molecule has 0 saturated heterocycles. The quantitative estimate of drug-likeness (QED) is 0.562. The minimum atomic E-state index is 0. The Morgan fingerprint density at radius 1 is 0.917 bits per heavy atom. The second-order valence-corrected chi connectivity index (χ2v) is 1.67. The van der Waals surface area contributed by atoms with Gasteiger partial charge in [0.25, 0.3) is 0 Å². The van der Waals surface area contributed by atoms with Crippen molar-refractivity contribution < 1.29 is 25.0 Å². The number of rotatable bonds is 2. The van der Waals surface area contributed by atoms with Crippen LogP contribution in [0.25, 0.3) is 0 Å². The number of hydrogen-bond acceptors (Lipinski definition) is 4. The van der Waals surface area contributed by atoms with E-state index in [2.05, 4.69) is 10.4 Å². The largest absolute Gasteiger partial charge is 2.00 e. The van der Waals surface area contributed by atoms with Gasteiger partial charge >= 0.3 is 19.5 Å². The summed E-state index contributed by atoms with van der Waals surface area (Å²) < 4.78 is 0. The number of hydrogen-bond donors (Lipinski definition) is 0. The molecule has 0 fully saturated rings. The molecule has 5 nitrogen and oxygen atoms in total. The molecule has 0 aliphatic carbocycles. The van der Waals surface area contributed by atoms with Gasteiger partial charge in [-0.15, -0.1) is 9.81 Å². The van der Waals surface area contributed by atoms with Crippen LogP contribution in [0.2, 0.25) is 0 Å². The summed E-state index contributed by atoms with van der Waals surface area (Å²) in [6.07, 6.45) is 0. The fraction of sp³-hybridized carbons (Fsp3) is 0. The van der Waals surface area contributed by atoms with Crippen molar-refractivity contribution in [2.45, 2.75) is 0 Å². The maximum absolute atomic E-state index is 9.94. The third-order valence-electron chi connectivity index (χ3n) is 1.08. The minimum absolute atomic E-state index is 0. The summed E-state index contributed by atoms with van der Waals surface area (Å²) in [5.41, 5.74) is 0.162. The third kappa shape index (κ3) is 2.94. The Morgan fingerprint density at radius 3 is 1.50 bits per heavy atom. The third-order valence-corrected chi connectivity index (χ3v) is 1.08. The summed E-state index contributed by atoms with van der Waals surface area (Å²) in [7, 11) is 0. The van der Waals surface area contributed by atoms with Crippen LogP contribution < -0.4 is 0 Å². The van der Waals surface area contributed by atoms with Gasteiger partial charge in [-0.2, -0.15) is 0 Å². The molecule has 1 aromatic carbocycles. The zero-order valence-corrected chi connectivity index (χ0v) is 9.10. The summed E-state index contributed by atoms with van der Waals surface area (Å²) >= 11 is 0. The second-order valence-electron chi connectivity index (χ2n) is 1.67. The molecule has 0 aromatic heterocycles. The SMILES string of the molecule is O=Nc1ccccc1N=O.[O-2].[Zn+2]. The van der Waals surface area contributed by atoms with E-state index >= 15 is 0 Å². The predicted octanol–water partition coefficient (Wildman–Crippen LogP) is 2.36. The summed E-state index contributed by atoms with van der Waals surface area (Å²) in [5, 5.41) is 5.20. The molecule has 58 valence electrons. The van der Waals surface area contributed by atoms with E-state index in [1.54, 1.807) is 12.1 Å². The van der Waals surface area contributed by atoms with Crippen LogP contribution in [0.4, 0.5) is 11.4 Å².